The summed E-state index contributed by atoms with van der Waals surface area (Å²) < 4.78 is 22.8. The van der Waals surface area contributed by atoms with E-state index in [1.807, 2.05) is 0 Å². The summed E-state index contributed by atoms with van der Waals surface area (Å²) in [7, 11) is -1.22. The molecule has 0 aromatic rings. The van der Waals surface area contributed by atoms with E-state index in [1.54, 1.807) is 14.0 Å². The Hall–Kier alpha value is -1.04. The molecule has 0 bridgehead atoms. The largest absolute Gasteiger partial charge is 0.356 e. The number of sulfone groups is 1. The Balaban J connectivity index is 2.21. The van der Waals surface area contributed by atoms with E-state index in [4.69, 9.17) is 0 Å². The maximum Gasteiger partial charge on any atom is 0.191 e. The third kappa shape index (κ3) is 6.93. The summed E-state index contributed by atoms with van der Waals surface area (Å²) in [6, 6.07) is 0. The van der Waals surface area contributed by atoms with E-state index < -0.39 is 9.84 Å². The van der Waals surface area contributed by atoms with Crippen molar-refractivity contribution >= 4 is 15.8 Å². The van der Waals surface area contributed by atoms with Crippen LogP contribution in [0.1, 0.15) is 39.0 Å². The lowest BCUT2D eigenvalue weighted by Gasteiger charge is -2.15. The highest BCUT2D eigenvalue weighted by molar-refractivity contribution is 7.91. The maximum absolute atomic E-state index is 11.4. The molecule has 0 amide bonds. The number of hydrogen-bond donors (Lipinski definition) is 2. The van der Waals surface area contributed by atoms with Crippen molar-refractivity contribution in [3.05, 3.63) is 11.6 Å². The topological polar surface area (TPSA) is 70.6 Å². The second-order valence-electron chi connectivity index (χ2n) is 5.02. The molecule has 0 atom stereocenters. The number of nitrogens with zero attached hydrogens (tertiary/aromatic N) is 1. The van der Waals surface area contributed by atoms with Gasteiger partial charge in [0, 0.05) is 25.9 Å². The third-order valence-electron chi connectivity index (χ3n) is 3.49. The van der Waals surface area contributed by atoms with Crippen LogP contribution in [0.4, 0.5) is 0 Å². The van der Waals surface area contributed by atoms with Crippen LogP contribution in [0.15, 0.2) is 16.6 Å². The molecule has 0 radical (unpaired) electrons. The van der Waals surface area contributed by atoms with Crippen LogP contribution in [0.25, 0.3) is 0 Å². The average molecular weight is 301 g/mol. The molecule has 0 saturated heterocycles. The number of aliphatic imine (C=N–C) groups is 1. The Kier molecular flexibility index (Phi) is 7.65. The van der Waals surface area contributed by atoms with E-state index in [2.05, 4.69) is 21.7 Å². The van der Waals surface area contributed by atoms with Crippen molar-refractivity contribution in [2.24, 2.45) is 4.99 Å². The molecule has 0 spiro atoms. The fraction of sp³-hybridized carbons (Fsp3) is 0.786. The molecule has 0 unspecified atom stereocenters. The minimum absolute atomic E-state index is 0.148. The Bertz CT molecular complexity index is 441. The number of guanidine groups is 1. The SMILES string of the molecule is CCS(=O)(=O)CCNC(=NC)NCCC1=CCCCC1. The Morgan fingerprint density at radius 2 is 2.05 bits per heavy atom. The third-order valence-corrected chi connectivity index (χ3v) is 5.20. The number of allylic oxidation sites excluding steroid dienone is 1. The molecule has 2 N–H and O–H groups in total. The highest BCUT2D eigenvalue weighted by atomic mass is 32.2. The summed E-state index contributed by atoms with van der Waals surface area (Å²) in [5.41, 5.74) is 1.52. The number of rotatable bonds is 7. The lowest BCUT2D eigenvalue weighted by Crippen LogP contribution is -2.40. The molecular formula is C14H27N3O2S. The first kappa shape index (κ1) is 17.0. The van der Waals surface area contributed by atoms with Crippen molar-refractivity contribution in [3.8, 4) is 0 Å². The highest BCUT2D eigenvalue weighted by Crippen LogP contribution is 2.19. The summed E-state index contributed by atoms with van der Waals surface area (Å²) in [5.74, 6) is 1.01. The van der Waals surface area contributed by atoms with Crippen molar-refractivity contribution in [2.45, 2.75) is 39.0 Å². The maximum atomic E-state index is 11.4. The molecule has 0 aromatic carbocycles. The zero-order valence-corrected chi connectivity index (χ0v) is 13.4. The van der Waals surface area contributed by atoms with Gasteiger partial charge in [0.2, 0.25) is 0 Å². The van der Waals surface area contributed by atoms with Crippen LogP contribution < -0.4 is 10.6 Å². The second kappa shape index (κ2) is 9.00. The Morgan fingerprint density at radius 1 is 1.30 bits per heavy atom. The van der Waals surface area contributed by atoms with Crippen LogP contribution in [0.2, 0.25) is 0 Å². The molecule has 5 nitrogen and oxygen atoms in total. The van der Waals surface area contributed by atoms with Crippen LogP contribution in [0, 0.1) is 0 Å². The molecule has 0 heterocycles. The van der Waals surface area contributed by atoms with Gasteiger partial charge in [-0.05, 0) is 32.1 Å². The molecule has 0 saturated carbocycles. The molecule has 1 aliphatic carbocycles. The van der Waals surface area contributed by atoms with Gasteiger partial charge < -0.3 is 10.6 Å². The van der Waals surface area contributed by atoms with E-state index in [9.17, 15) is 8.42 Å². The van der Waals surface area contributed by atoms with Crippen molar-refractivity contribution in [1.82, 2.24) is 10.6 Å². The summed E-state index contributed by atoms with van der Waals surface area (Å²) in [4.78, 5) is 4.10. The van der Waals surface area contributed by atoms with Gasteiger partial charge in [-0.3, -0.25) is 4.99 Å². The molecule has 1 rings (SSSR count). The molecule has 0 aliphatic heterocycles. The fourth-order valence-corrected chi connectivity index (χ4v) is 2.86. The van der Waals surface area contributed by atoms with Crippen LogP contribution in [0.3, 0.4) is 0 Å². The van der Waals surface area contributed by atoms with Crippen LogP contribution in [0.5, 0.6) is 0 Å². The van der Waals surface area contributed by atoms with E-state index in [0.29, 0.717) is 12.5 Å². The normalized spacial score (nSPS) is 16.7. The van der Waals surface area contributed by atoms with Gasteiger partial charge in [-0.1, -0.05) is 18.6 Å². The van der Waals surface area contributed by atoms with E-state index in [-0.39, 0.29) is 11.5 Å². The van der Waals surface area contributed by atoms with E-state index in [1.165, 1.54) is 31.3 Å². The minimum Gasteiger partial charge on any atom is -0.356 e. The highest BCUT2D eigenvalue weighted by Gasteiger charge is 2.07. The lowest BCUT2D eigenvalue weighted by atomic mass is 9.97. The molecule has 116 valence electrons. The minimum atomic E-state index is -2.92. The van der Waals surface area contributed by atoms with Crippen molar-refractivity contribution in [2.75, 3.05) is 31.6 Å². The quantitative estimate of drug-likeness (QED) is 0.424. The molecule has 0 aromatic heterocycles. The predicted molar refractivity (Wildman–Crippen MR) is 84.9 cm³/mol. The average Bonchev–Trinajstić information content (AvgIpc) is 2.46. The summed E-state index contributed by atoms with van der Waals surface area (Å²) >= 11 is 0. The monoisotopic (exact) mass is 301 g/mol. The van der Waals surface area contributed by atoms with Crippen molar-refractivity contribution in [3.63, 3.8) is 0 Å². The van der Waals surface area contributed by atoms with Gasteiger partial charge in [-0.25, -0.2) is 8.42 Å². The summed E-state index contributed by atoms with van der Waals surface area (Å²) in [6.07, 6.45) is 8.41. The number of hydrogen-bond acceptors (Lipinski definition) is 3. The first-order valence-corrected chi connectivity index (χ1v) is 9.22. The predicted octanol–water partition coefficient (Wildman–Crippen LogP) is 1.48. The van der Waals surface area contributed by atoms with Gasteiger partial charge in [0.1, 0.15) is 0 Å². The van der Waals surface area contributed by atoms with Gasteiger partial charge in [-0.2, -0.15) is 0 Å². The van der Waals surface area contributed by atoms with Crippen LogP contribution in [-0.2, 0) is 9.84 Å². The molecule has 0 fully saturated rings. The van der Waals surface area contributed by atoms with E-state index in [0.717, 1.165) is 13.0 Å². The molecular weight excluding hydrogens is 274 g/mol. The van der Waals surface area contributed by atoms with Gasteiger partial charge >= 0.3 is 0 Å². The summed E-state index contributed by atoms with van der Waals surface area (Å²) in [5, 5.41) is 6.26. The molecule has 6 heteroatoms. The Morgan fingerprint density at radius 3 is 2.65 bits per heavy atom. The second-order valence-corrected chi connectivity index (χ2v) is 7.49. The van der Waals surface area contributed by atoms with Gasteiger partial charge in [0.15, 0.2) is 15.8 Å². The van der Waals surface area contributed by atoms with Gasteiger partial charge in [0.25, 0.3) is 0 Å². The van der Waals surface area contributed by atoms with Crippen LogP contribution >= 0.6 is 0 Å². The molecule has 20 heavy (non-hydrogen) atoms. The van der Waals surface area contributed by atoms with Crippen molar-refractivity contribution < 1.29 is 8.42 Å². The standard InChI is InChI=1S/C14H27N3O2S/c1-3-20(18,19)12-11-17-14(15-2)16-10-9-13-7-5-4-6-8-13/h7H,3-6,8-12H2,1-2H3,(H2,15,16,17). The molecule has 1 aliphatic rings. The van der Waals surface area contributed by atoms with Crippen LogP contribution in [-0.4, -0.2) is 46.0 Å². The van der Waals surface area contributed by atoms with E-state index >= 15 is 0 Å². The fourth-order valence-electron chi connectivity index (χ4n) is 2.16. The Labute approximate surface area is 122 Å². The lowest BCUT2D eigenvalue weighted by molar-refractivity contribution is 0.595. The summed E-state index contributed by atoms with van der Waals surface area (Å²) in [6.45, 7) is 2.91. The first-order valence-electron chi connectivity index (χ1n) is 7.40. The zero-order chi connectivity index (χ0) is 14.8. The smallest absolute Gasteiger partial charge is 0.191 e. The number of nitrogens with one attached hydrogen (secondary N) is 2. The van der Waals surface area contributed by atoms with Gasteiger partial charge in [0.05, 0.1) is 5.75 Å². The van der Waals surface area contributed by atoms with Crippen molar-refractivity contribution in [1.29, 1.82) is 0 Å². The first-order chi connectivity index (χ1) is 9.57. The zero-order valence-electron chi connectivity index (χ0n) is 12.6. The van der Waals surface area contributed by atoms with Gasteiger partial charge in [-0.15, -0.1) is 0 Å².